The fourth-order valence-electron chi connectivity index (χ4n) is 3.11. The zero-order chi connectivity index (χ0) is 23.2. The van der Waals surface area contributed by atoms with Crippen molar-refractivity contribution in [3.8, 4) is 0 Å². The van der Waals surface area contributed by atoms with E-state index in [0.29, 0.717) is 18.0 Å². The van der Waals surface area contributed by atoms with Gasteiger partial charge in [0, 0.05) is 24.9 Å². The molecule has 1 N–H and O–H groups in total. The van der Waals surface area contributed by atoms with Crippen LogP contribution >= 0.6 is 11.3 Å². The van der Waals surface area contributed by atoms with Crippen LogP contribution in [0.5, 0.6) is 0 Å². The van der Waals surface area contributed by atoms with Crippen molar-refractivity contribution in [1.29, 1.82) is 0 Å². The molecule has 2 rings (SSSR count). The molecule has 2 unspecified atom stereocenters. The summed E-state index contributed by atoms with van der Waals surface area (Å²) in [6.45, 7) is 9.91. The number of hydrogen-bond acceptors (Lipinski definition) is 6. The van der Waals surface area contributed by atoms with Gasteiger partial charge in [-0.05, 0) is 32.3 Å². The molecule has 0 aliphatic heterocycles. The van der Waals surface area contributed by atoms with Gasteiger partial charge in [0.05, 0.1) is 6.61 Å². The Morgan fingerprint density at radius 3 is 2.35 bits per heavy atom. The van der Waals surface area contributed by atoms with Crippen molar-refractivity contribution in [1.82, 2.24) is 9.88 Å². The Labute approximate surface area is 188 Å². The molecule has 1 heterocycles. The number of aromatic nitrogens is 1. The summed E-state index contributed by atoms with van der Waals surface area (Å²) in [5.74, 6) is -0.949. The van der Waals surface area contributed by atoms with Gasteiger partial charge in [-0.1, -0.05) is 44.2 Å². The molecule has 0 spiro atoms. The maximum Gasteiger partial charge on any atom is 0.410 e. The Morgan fingerprint density at radius 2 is 1.84 bits per heavy atom. The van der Waals surface area contributed by atoms with Crippen molar-refractivity contribution in [3.63, 3.8) is 0 Å². The minimum atomic E-state index is -1.07. The third-order valence-corrected chi connectivity index (χ3v) is 5.65. The van der Waals surface area contributed by atoms with E-state index in [0.717, 1.165) is 5.56 Å². The molecule has 2 aromatic rings. The second-order valence-corrected chi connectivity index (χ2v) is 9.69. The number of rotatable bonds is 9. The van der Waals surface area contributed by atoms with Crippen LogP contribution in [0.1, 0.15) is 68.2 Å². The van der Waals surface area contributed by atoms with Crippen molar-refractivity contribution in [2.75, 3.05) is 7.05 Å². The van der Waals surface area contributed by atoms with Crippen LogP contribution in [0.2, 0.25) is 0 Å². The number of carbonyl (C=O) groups excluding carboxylic acids is 1. The molecule has 8 heteroatoms. The van der Waals surface area contributed by atoms with Crippen molar-refractivity contribution in [2.24, 2.45) is 5.92 Å². The molecule has 0 saturated carbocycles. The lowest BCUT2D eigenvalue weighted by Gasteiger charge is -2.34. The zero-order valence-corrected chi connectivity index (χ0v) is 19.8. The molecular formula is C23H32N2O5S. The molecule has 1 amide bonds. The van der Waals surface area contributed by atoms with Crippen LogP contribution in [-0.4, -0.2) is 45.7 Å². The number of ether oxygens (including phenoxy) is 2. The monoisotopic (exact) mass is 448 g/mol. The number of thiazole rings is 1. The number of amides is 1. The first-order chi connectivity index (χ1) is 14.5. The van der Waals surface area contributed by atoms with Crippen molar-refractivity contribution >= 4 is 23.4 Å². The Balaban J connectivity index is 2.24. The summed E-state index contributed by atoms with van der Waals surface area (Å²) < 4.78 is 11.7. The second kappa shape index (κ2) is 10.7. The first kappa shape index (κ1) is 24.8. The van der Waals surface area contributed by atoms with E-state index in [2.05, 4.69) is 4.98 Å². The molecule has 2 atom stereocenters. The predicted octanol–water partition coefficient (Wildman–Crippen LogP) is 5.38. The molecule has 31 heavy (non-hydrogen) atoms. The van der Waals surface area contributed by atoms with E-state index in [9.17, 15) is 14.7 Å². The van der Waals surface area contributed by atoms with Gasteiger partial charge < -0.3 is 19.5 Å². The van der Waals surface area contributed by atoms with Gasteiger partial charge >= 0.3 is 12.1 Å². The summed E-state index contributed by atoms with van der Waals surface area (Å²) in [6.07, 6.45) is -0.402. The first-order valence-electron chi connectivity index (χ1n) is 10.3. The second-order valence-electron chi connectivity index (χ2n) is 8.80. The lowest BCUT2D eigenvalue weighted by atomic mass is 9.96. The van der Waals surface area contributed by atoms with Crippen molar-refractivity contribution in [3.05, 3.63) is 52.0 Å². The van der Waals surface area contributed by atoms with Gasteiger partial charge in [-0.15, -0.1) is 11.3 Å². The van der Waals surface area contributed by atoms with Crippen LogP contribution in [0.4, 0.5) is 4.79 Å². The van der Waals surface area contributed by atoms with E-state index < -0.39 is 23.8 Å². The Hall–Kier alpha value is -2.45. The number of nitrogens with zero attached hydrogens (tertiary/aromatic N) is 2. The van der Waals surface area contributed by atoms with E-state index in [4.69, 9.17) is 9.47 Å². The topological polar surface area (TPSA) is 89.0 Å². The highest BCUT2D eigenvalue weighted by atomic mass is 32.1. The normalized spacial score (nSPS) is 13.6. The first-order valence-corrected chi connectivity index (χ1v) is 11.2. The highest BCUT2D eigenvalue weighted by Crippen LogP contribution is 2.31. The number of benzene rings is 1. The van der Waals surface area contributed by atoms with Crippen LogP contribution in [-0.2, 0) is 16.1 Å². The average molecular weight is 449 g/mol. The van der Waals surface area contributed by atoms with Gasteiger partial charge in [0.2, 0.25) is 0 Å². The summed E-state index contributed by atoms with van der Waals surface area (Å²) in [6, 6.07) is 9.56. The molecule has 7 nitrogen and oxygen atoms in total. The Morgan fingerprint density at radius 1 is 1.19 bits per heavy atom. The van der Waals surface area contributed by atoms with Gasteiger partial charge in [-0.3, -0.25) is 0 Å². The van der Waals surface area contributed by atoms with Gasteiger partial charge in [0.25, 0.3) is 0 Å². The minimum absolute atomic E-state index is 0.00472. The summed E-state index contributed by atoms with van der Waals surface area (Å²) >= 11 is 1.25. The number of carboxylic acids is 1. The van der Waals surface area contributed by atoms with Crippen LogP contribution in [0, 0.1) is 5.92 Å². The summed E-state index contributed by atoms with van der Waals surface area (Å²) in [5, 5.41) is 11.4. The largest absolute Gasteiger partial charge is 0.476 e. The smallest absolute Gasteiger partial charge is 0.410 e. The van der Waals surface area contributed by atoms with E-state index >= 15 is 0 Å². The lowest BCUT2D eigenvalue weighted by molar-refractivity contribution is -0.00826. The minimum Gasteiger partial charge on any atom is -0.476 e. The average Bonchev–Trinajstić information content (AvgIpc) is 3.17. The summed E-state index contributed by atoms with van der Waals surface area (Å²) in [5.41, 5.74) is 0.404. The molecule has 1 aromatic carbocycles. The fourth-order valence-corrected chi connectivity index (χ4v) is 3.96. The Kier molecular flexibility index (Phi) is 8.59. The molecule has 0 saturated heterocycles. The quantitative estimate of drug-likeness (QED) is 0.554. The van der Waals surface area contributed by atoms with E-state index in [-0.39, 0.29) is 17.7 Å². The summed E-state index contributed by atoms with van der Waals surface area (Å²) in [7, 11) is 1.72. The van der Waals surface area contributed by atoms with Gasteiger partial charge in [0.1, 0.15) is 16.7 Å². The Bertz CT molecular complexity index is 860. The zero-order valence-electron chi connectivity index (χ0n) is 19.0. The van der Waals surface area contributed by atoms with Crippen LogP contribution in [0.3, 0.4) is 0 Å². The molecule has 0 aliphatic carbocycles. The van der Waals surface area contributed by atoms with Crippen LogP contribution in [0.15, 0.2) is 35.7 Å². The van der Waals surface area contributed by atoms with Gasteiger partial charge in [-0.2, -0.15) is 0 Å². The third-order valence-electron chi connectivity index (χ3n) is 4.71. The maximum absolute atomic E-state index is 12.7. The van der Waals surface area contributed by atoms with Gasteiger partial charge in [0.15, 0.2) is 5.69 Å². The number of carbonyl (C=O) groups is 2. The molecule has 0 radical (unpaired) electrons. The standard InChI is InChI=1S/C23H32N2O5S/c1-15(2)18(25(6)22(28)30-23(3,4)5)12-19(20-24-17(14-31-20)21(26)27)29-13-16-10-8-7-9-11-16/h7-11,14-15,18-19H,12-13H2,1-6H3,(H,26,27). The molecular weight excluding hydrogens is 416 g/mol. The van der Waals surface area contributed by atoms with Crippen molar-refractivity contribution < 1.29 is 24.2 Å². The maximum atomic E-state index is 12.7. The molecule has 170 valence electrons. The van der Waals surface area contributed by atoms with E-state index in [1.165, 1.54) is 16.7 Å². The van der Waals surface area contributed by atoms with Gasteiger partial charge in [-0.25, -0.2) is 14.6 Å². The number of carboxylic acid groups (broad SMARTS) is 1. The molecule has 1 aromatic heterocycles. The van der Waals surface area contributed by atoms with E-state index in [1.807, 2.05) is 65.0 Å². The SMILES string of the molecule is CC(C)C(CC(OCc1ccccc1)c1nc(C(=O)O)cs1)N(C)C(=O)OC(C)(C)C. The molecule has 0 bridgehead atoms. The third kappa shape index (κ3) is 7.63. The fraction of sp³-hybridized carbons (Fsp3) is 0.522. The van der Waals surface area contributed by atoms with E-state index in [1.54, 1.807) is 11.9 Å². The highest BCUT2D eigenvalue weighted by molar-refractivity contribution is 7.09. The van der Waals surface area contributed by atoms with Crippen LogP contribution in [0.25, 0.3) is 0 Å². The summed E-state index contributed by atoms with van der Waals surface area (Å²) in [4.78, 5) is 29.8. The lowest BCUT2D eigenvalue weighted by Crippen LogP contribution is -2.44. The number of hydrogen-bond donors (Lipinski definition) is 1. The van der Waals surface area contributed by atoms with Crippen LogP contribution < -0.4 is 0 Å². The number of aromatic carboxylic acids is 1. The van der Waals surface area contributed by atoms with Crippen molar-refractivity contribution in [2.45, 2.75) is 65.4 Å². The highest BCUT2D eigenvalue weighted by Gasteiger charge is 2.31. The predicted molar refractivity (Wildman–Crippen MR) is 120 cm³/mol. The molecule has 0 fully saturated rings. The molecule has 0 aliphatic rings.